The predicted octanol–water partition coefficient (Wildman–Crippen LogP) is 2.16. The summed E-state index contributed by atoms with van der Waals surface area (Å²) in [6, 6.07) is 23.8. The molecule has 0 spiro atoms. The summed E-state index contributed by atoms with van der Waals surface area (Å²) in [5, 5.41) is 0. The Morgan fingerprint density at radius 1 is 0.733 bits per heavy atom. The van der Waals surface area contributed by atoms with Crippen LogP contribution in [-0.4, -0.2) is 61.7 Å². The van der Waals surface area contributed by atoms with Gasteiger partial charge >= 0.3 is 25.5 Å². The molecule has 1 saturated heterocycles. The first-order valence-electron chi connectivity index (χ1n) is 13.3. The van der Waals surface area contributed by atoms with E-state index in [2.05, 4.69) is 4.52 Å². The highest BCUT2D eigenvalue weighted by atomic mass is 31.2. The number of hydrogen-bond acceptors (Lipinski definition) is 10. The molecule has 3 aromatic carbocycles. The molecule has 232 valence electrons. The van der Waals surface area contributed by atoms with E-state index < -0.39 is 68.1 Å². The fourth-order valence-electron chi connectivity index (χ4n) is 4.62. The third-order valence-corrected chi connectivity index (χ3v) is 7.19. The van der Waals surface area contributed by atoms with E-state index in [9.17, 15) is 38.3 Å². The molecule has 0 unspecified atom stereocenters. The van der Waals surface area contributed by atoms with Gasteiger partial charge in [-0.1, -0.05) is 54.6 Å². The van der Waals surface area contributed by atoms with Crippen LogP contribution in [0.3, 0.4) is 0 Å². The number of hydrogen-bond donors (Lipinski definition) is 2. The van der Waals surface area contributed by atoms with Crippen LogP contribution in [0.4, 0.5) is 0 Å². The molecule has 1 aliphatic heterocycles. The predicted molar refractivity (Wildman–Crippen MR) is 154 cm³/mol. The molecule has 0 bridgehead atoms. The van der Waals surface area contributed by atoms with Gasteiger partial charge in [0.25, 0.3) is 11.5 Å². The molecule has 2 heterocycles. The zero-order valence-corrected chi connectivity index (χ0v) is 24.0. The van der Waals surface area contributed by atoms with Crippen molar-refractivity contribution in [1.82, 2.24) is 9.13 Å². The first-order valence-corrected chi connectivity index (χ1v) is 14.9. The first-order chi connectivity index (χ1) is 21.5. The van der Waals surface area contributed by atoms with Gasteiger partial charge in [-0.2, -0.15) is 4.57 Å². The van der Waals surface area contributed by atoms with Crippen LogP contribution in [0.2, 0.25) is 0 Å². The van der Waals surface area contributed by atoms with E-state index in [1.165, 1.54) is 48.5 Å². The fourth-order valence-corrected chi connectivity index (χ4v) is 4.96. The highest BCUT2D eigenvalue weighted by Crippen LogP contribution is 2.40. The zero-order valence-electron chi connectivity index (χ0n) is 23.2. The second kappa shape index (κ2) is 13.3. The minimum atomic E-state index is -5.08. The lowest BCUT2D eigenvalue weighted by molar-refractivity contribution is -0.0602. The SMILES string of the molecule is O=C(O[C@@H]1[C@H](OC(=O)c2ccccc2)[C@@H](COP(=O)(O)O)O[C@H]1n1ccc(=O)n(C(=O)c2ccccc2)c1=O)c1ccccc1. The lowest BCUT2D eigenvalue weighted by atomic mass is 10.1. The molecule has 1 aliphatic rings. The van der Waals surface area contributed by atoms with Crippen molar-refractivity contribution < 1.29 is 47.5 Å². The minimum Gasteiger partial charge on any atom is -0.452 e. The molecule has 2 N–H and O–H groups in total. The van der Waals surface area contributed by atoms with Crippen LogP contribution < -0.4 is 11.2 Å². The number of phosphoric ester groups is 1. The minimum absolute atomic E-state index is 0.0245. The molecule has 15 heteroatoms. The van der Waals surface area contributed by atoms with Crippen LogP contribution in [0, 0.1) is 0 Å². The molecule has 14 nitrogen and oxygen atoms in total. The summed E-state index contributed by atoms with van der Waals surface area (Å²) in [6.45, 7) is -0.871. The average Bonchev–Trinajstić information content (AvgIpc) is 3.36. The monoisotopic (exact) mass is 636 g/mol. The summed E-state index contributed by atoms with van der Waals surface area (Å²) in [6.07, 6.45) is -5.43. The van der Waals surface area contributed by atoms with Gasteiger partial charge in [0, 0.05) is 17.8 Å². The van der Waals surface area contributed by atoms with Crippen molar-refractivity contribution in [3.05, 3.63) is 141 Å². The van der Waals surface area contributed by atoms with Crippen molar-refractivity contribution in [2.45, 2.75) is 24.5 Å². The van der Waals surface area contributed by atoms with E-state index in [4.69, 9.17) is 14.2 Å². The van der Waals surface area contributed by atoms with Crippen molar-refractivity contribution in [3.8, 4) is 0 Å². The van der Waals surface area contributed by atoms with Crippen LogP contribution in [-0.2, 0) is 23.3 Å². The normalized spacial score (nSPS) is 19.5. The van der Waals surface area contributed by atoms with Crippen molar-refractivity contribution in [2.75, 3.05) is 6.61 Å². The highest BCUT2D eigenvalue weighted by molar-refractivity contribution is 7.46. The van der Waals surface area contributed by atoms with Crippen molar-refractivity contribution in [1.29, 1.82) is 0 Å². The van der Waals surface area contributed by atoms with Gasteiger partial charge in [-0.3, -0.25) is 18.7 Å². The molecule has 1 fully saturated rings. The van der Waals surface area contributed by atoms with Gasteiger partial charge in [0.1, 0.15) is 6.10 Å². The molecule has 0 aliphatic carbocycles. The van der Waals surface area contributed by atoms with Crippen LogP contribution >= 0.6 is 7.82 Å². The summed E-state index contributed by atoms with van der Waals surface area (Å²) >= 11 is 0. The highest BCUT2D eigenvalue weighted by Gasteiger charge is 2.52. The maximum Gasteiger partial charge on any atom is 0.469 e. The molecular formula is C30H25N2O12P. The van der Waals surface area contributed by atoms with Gasteiger partial charge in [0.15, 0.2) is 18.4 Å². The standard InChI is InChI=1S/C30H25N2O12P/c33-23-16-17-31(30(37)32(23)26(34)19-10-4-1-5-11-19)27-25(44-29(36)21-14-8-3-9-15-21)24(22(42-27)18-41-45(38,39)40)43-28(35)20-12-6-2-7-13-20/h1-17,22,24-25,27H,18H2,(H2,38,39,40)/t22-,24-,25-,27-/m1/s1. The Labute approximate surface area is 254 Å². The van der Waals surface area contributed by atoms with Crippen LogP contribution in [0.25, 0.3) is 0 Å². The number of esters is 2. The van der Waals surface area contributed by atoms with Gasteiger partial charge in [-0.05, 0) is 36.4 Å². The smallest absolute Gasteiger partial charge is 0.452 e. The molecular weight excluding hydrogens is 611 g/mol. The van der Waals surface area contributed by atoms with Crippen molar-refractivity contribution in [3.63, 3.8) is 0 Å². The Bertz CT molecular complexity index is 1850. The van der Waals surface area contributed by atoms with E-state index in [0.29, 0.717) is 4.57 Å². The Hall–Kier alpha value is -4.98. The van der Waals surface area contributed by atoms with Gasteiger partial charge in [0.2, 0.25) is 0 Å². The maximum atomic E-state index is 13.7. The van der Waals surface area contributed by atoms with E-state index in [-0.39, 0.29) is 16.7 Å². The van der Waals surface area contributed by atoms with E-state index in [1.807, 2.05) is 0 Å². The summed E-state index contributed by atoms with van der Waals surface area (Å²) in [5.74, 6) is -2.79. The molecule has 45 heavy (non-hydrogen) atoms. The third-order valence-electron chi connectivity index (χ3n) is 6.71. The molecule has 4 atom stereocenters. The van der Waals surface area contributed by atoms with E-state index >= 15 is 0 Å². The zero-order chi connectivity index (χ0) is 32.1. The Balaban J connectivity index is 1.60. The van der Waals surface area contributed by atoms with E-state index in [0.717, 1.165) is 16.8 Å². The second-order valence-electron chi connectivity index (χ2n) is 9.67. The number of rotatable bonds is 9. The Kier molecular flexibility index (Phi) is 9.32. The number of carbonyl (C=O) groups excluding carboxylic acids is 3. The topological polar surface area (TPSA) is 190 Å². The number of aromatic nitrogens is 2. The third kappa shape index (κ3) is 7.23. The van der Waals surface area contributed by atoms with Crippen molar-refractivity contribution >= 4 is 25.7 Å². The van der Waals surface area contributed by atoms with Crippen LogP contribution in [0.5, 0.6) is 0 Å². The number of carbonyl (C=O) groups is 3. The molecule has 0 amide bonds. The number of benzene rings is 3. The quantitative estimate of drug-likeness (QED) is 0.201. The number of phosphoric acid groups is 1. The summed E-state index contributed by atoms with van der Waals surface area (Å²) < 4.78 is 34.6. The fraction of sp³-hybridized carbons (Fsp3) is 0.167. The second-order valence-corrected chi connectivity index (χ2v) is 10.9. The van der Waals surface area contributed by atoms with Gasteiger partial charge in [-0.15, -0.1) is 0 Å². The number of nitrogens with zero attached hydrogens (tertiary/aromatic N) is 2. The van der Waals surface area contributed by atoms with Gasteiger partial charge in [0.05, 0.1) is 17.7 Å². The van der Waals surface area contributed by atoms with Gasteiger partial charge in [-0.25, -0.2) is 18.9 Å². The molecule has 0 radical (unpaired) electrons. The lowest BCUT2D eigenvalue weighted by Gasteiger charge is -2.25. The maximum absolute atomic E-state index is 13.7. The summed E-state index contributed by atoms with van der Waals surface area (Å²) in [7, 11) is -5.08. The van der Waals surface area contributed by atoms with Crippen LogP contribution in [0.15, 0.2) is 113 Å². The van der Waals surface area contributed by atoms with Gasteiger partial charge < -0.3 is 24.0 Å². The molecule has 0 saturated carbocycles. The average molecular weight is 637 g/mol. The largest absolute Gasteiger partial charge is 0.469 e. The Morgan fingerprint density at radius 2 is 1.22 bits per heavy atom. The van der Waals surface area contributed by atoms with E-state index in [1.54, 1.807) is 42.5 Å². The lowest BCUT2D eigenvalue weighted by Crippen LogP contribution is -2.47. The summed E-state index contributed by atoms with van der Waals surface area (Å²) in [5.41, 5.74) is -1.96. The Morgan fingerprint density at radius 3 is 1.73 bits per heavy atom. The summed E-state index contributed by atoms with van der Waals surface area (Å²) in [4.78, 5) is 84.7. The van der Waals surface area contributed by atoms with Crippen molar-refractivity contribution in [2.24, 2.45) is 0 Å². The molecule has 4 aromatic rings. The first kappa shape index (κ1) is 31.4. The van der Waals surface area contributed by atoms with Crippen LogP contribution in [0.1, 0.15) is 37.3 Å². The number of ether oxygens (including phenoxy) is 3. The molecule has 1 aromatic heterocycles. The molecule has 5 rings (SSSR count).